The molecule has 1 aliphatic rings. The zero-order valence-corrected chi connectivity index (χ0v) is 23.0. The summed E-state index contributed by atoms with van der Waals surface area (Å²) in [4.78, 5) is 19.8. The van der Waals surface area contributed by atoms with Crippen LogP contribution in [0.25, 0.3) is 5.69 Å². The summed E-state index contributed by atoms with van der Waals surface area (Å²) in [5, 5.41) is 7.22. The molecular weight excluding hydrogens is 490 g/mol. The Morgan fingerprint density at radius 1 is 0.947 bits per heavy atom. The molecule has 0 saturated carbocycles. The summed E-state index contributed by atoms with van der Waals surface area (Å²) in [7, 11) is 0. The fourth-order valence-corrected chi connectivity index (χ4v) is 5.85. The van der Waals surface area contributed by atoms with Crippen molar-refractivity contribution in [1.82, 2.24) is 19.8 Å². The highest BCUT2D eigenvalue weighted by Crippen LogP contribution is 2.43. The first-order valence-corrected chi connectivity index (χ1v) is 13.3. The van der Waals surface area contributed by atoms with Crippen LogP contribution in [0, 0.1) is 27.7 Å². The van der Waals surface area contributed by atoms with Crippen LogP contribution in [0.2, 0.25) is 0 Å². The smallest absolute Gasteiger partial charge is 0.226 e. The first-order chi connectivity index (χ1) is 18.4. The zero-order chi connectivity index (χ0) is 26.8. The van der Waals surface area contributed by atoms with Crippen LogP contribution in [-0.4, -0.2) is 32.0 Å². The molecule has 2 atom stereocenters. The van der Waals surface area contributed by atoms with Gasteiger partial charge in [0, 0.05) is 47.5 Å². The standard InChI is InChI=1S/C31H33N5OS/c1-20-12-8-9-15-25(20)33-27(37)17-19-35-30(29(34-31(35)38)26-16-10-11-18-32-26)28-21(2)22(3)36(23(28)4)24-13-6-5-7-14-24/h5-16,18,29-30H,17,19H2,1-4H3,(H,33,37)(H,34,38)/t29-,30-/m1/s1. The predicted molar refractivity (Wildman–Crippen MR) is 157 cm³/mol. The molecular formula is C31H33N5OS. The maximum absolute atomic E-state index is 13.0. The molecule has 4 aromatic rings. The molecule has 1 saturated heterocycles. The quantitative estimate of drug-likeness (QED) is 0.286. The van der Waals surface area contributed by atoms with Gasteiger partial charge in [0.1, 0.15) is 0 Å². The van der Waals surface area contributed by atoms with Gasteiger partial charge in [0.05, 0.1) is 17.8 Å². The molecule has 2 aromatic carbocycles. The van der Waals surface area contributed by atoms with Gasteiger partial charge in [-0.05, 0) is 81.4 Å². The molecule has 0 radical (unpaired) electrons. The second-order valence-electron chi connectivity index (χ2n) is 9.81. The van der Waals surface area contributed by atoms with E-state index in [-0.39, 0.29) is 18.0 Å². The second-order valence-corrected chi connectivity index (χ2v) is 10.2. The molecule has 1 amide bonds. The highest BCUT2D eigenvalue weighted by Gasteiger charge is 2.42. The molecule has 7 heteroatoms. The van der Waals surface area contributed by atoms with Gasteiger partial charge in [0.15, 0.2) is 5.11 Å². The Balaban J connectivity index is 1.50. The van der Waals surface area contributed by atoms with Crippen LogP contribution < -0.4 is 10.6 Å². The third kappa shape index (κ3) is 4.82. The Morgan fingerprint density at radius 2 is 1.66 bits per heavy atom. The largest absolute Gasteiger partial charge is 0.352 e. The van der Waals surface area contributed by atoms with Gasteiger partial charge < -0.3 is 20.1 Å². The molecule has 6 nitrogen and oxygen atoms in total. The van der Waals surface area contributed by atoms with Crippen molar-refractivity contribution < 1.29 is 4.79 Å². The van der Waals surface area contributed by atoms with Gasteiger partial charge in [0.2, 0.25) is 5.91 Å². The number of rotatable bonds is 7. The van der Waals surface area contributed by atoms with Crippen molar-refractivity contribution >= 4 is 28.9 Å². The number of pyridine rings is 1. The van der Waals surface area contributed by atoms with E-state index in [1.54, 1.807) is 0 Å². The highest BCUT2D eigenvalue weighted by molar-refractivity contribution is 7.80. The summed E-state index contributed by atoms with van der Waals surface area (Å²) < 4.78 is 2.31. The van der Waals surface area contributed by atoms with E-state index in [0.29, 0.717) is 18.1 Å². The van der Waals surface area contributed by atoms with Crippen molar-refractivity contribution in [2.45, 2.75) is 46.2 Å². The lowest BCUT2D eigenvalue weighted by Gasteiger charge is -2.29. The summed E-state index contributed by atoms with van der Waals surface area (Å²) >= 11 is 5.87. The van der Waals surface area contributed by atoms with Gasteiger partial charge in [-0.25, -0.2) is 0 Å². The van der Waals surface area contributed by atoms with Crippen molar-refractivity contribution in [1.29, 1.82) is 0 Å². The normalized spacial score (nSPS) is 16.9. The molecule has 0 unspecified atom stereocenters. The molecule has 0 spiro atoms. The first kappa shape index (κ1) is 25.7. The van der Waals surface area contributed by atoms with E-state index in [4.69, 9.17) is 12.2 Å². The van der Waals surface area contributed by atoms with E-state index in [1.165, 1.54) is 16.8 Å². The molecule has 1 fully saturated rings. The van der Waals surface area contributed by atoms with Crippen molar-refractivity contribution in [3.05, 3.63) is 113 Å². The van der Waals surface area contributed by atoms with Crippen LogP contribution >= 0.6 is 12.2 Å². The lowest BCUT2D eigenvalue weighted by atomic mass is 9.93. The summed E-state index contributed by atoms with van der Waals surface area (Å²) in [6.45, 7) is 8.99. The maximum atomic E-state index is 13.0. The molecule has 2 aromatic heterocycles. The Hall–Kier alpha value is -3.97. The number of nitrogens with zero attached hydrogens (tertiary/aromatic N) is 3. The van der Waals surface area contributed by atoms with Crippen molar-refractivity contribution in [3.63, 3.8) is 0 Å². The predicted octanol–water partition coefficient (Wildman–Crippen LogP) is 6.11. The average molecular weight is 524 g/mol. The van der Waals surface area contributed by atoms with Gasteiger partial charge in [-0.3, -0.25) is 9.78 Å². The maximum Gasteiger partial charge on any atom is 0.226 e. The minimum Gasteiger partial charge on any atom is -0.352 e. The molecule has 38 heavy (non-hydrogen) atoms. The monoisotopic (exact) mass is 523 g/mol. The van der Waals surface area contributed by atoms with Crippen LogP contribution in [0.1, 0.15) is 52.3 Å². The Morgan fingerprint density at radius 3 is 2.37 bits per heavy atom. The van der Waals surface area contributed by atoms with Crippen LogP contribution in [0.4, 0.5) is 5.69 Å². The van der Waals surface area contributed by atoms with E-state index in [2.05, 4.69) is 70.1 Å². The summed E-state index contributed by atoms with van der Waals surface area (Å²) in [6, 6.07) is 24.0. The number of thiocarbonyl (C=S) groups is 1. The van der Waals surface area contributed by atoms with E-state index in [0.717, 1.165) is 28.3 Å². The number of aryl methyl sites for hydroxylation is 1. The molecule has 194 valence electrons. The summed E-state index contributed by atoms with van der Waals surface area (Å²) in [5.74, 6) is -0.0337. The van der Waals surface area contributed by atoms with Crippen LogP contribution in [-0.2, 0) is 4.79 Å². The van der Waals surface area contributed by atoms with Crippen LogP contribution in [0.15, 0.2) is 79.0 Å². The van der Waals surface area contributed by atoms with Gasteiger partial charge >= 0.3 is 0 Å². The molecule has 0 aliphatic carbocycles. The number of amides is 1. The van der Waals surface area contributed by atoms with E-state index >= 15 is 0 Å². The fourth-order valence-electron chi connectivity index (χ4n) is 5.51. The molecule has 3 heterocycles. The Kier molecular flexibility index (Phi) is 7.29. The van der Waals surface area contributed by atoms with E-state index in [1.807, 2.05) is 61.7 Å². The number of carbonyl (C=O) groups excluding carboxylic acids is 1. The van der Waals surface area contributed by atoms with Gasteiger partial charge in [-0.1, -0.05) is 42.5 Å². The number of hydrogen-bond acceptors (Lipinski definition) is 3. The minimum atomic E-state index is -0.133. The lowest BCUT2D eigenvalue weighted by Crippen LogP contribution is -2.33. The highest BCUT2D eigenvalue weighted by atomic mass is 32.1. The number of benzene rings is 2. The van der Waals surface area contributed by atoms with Gasteiger partial charge in [0.25, 0.3) is 0 Å². The number of anilines is 1. The van der Waals surface area contributed by atoms with Crippen LogP contribution in [0.3, 0.4) is 0 Å². The lowest BCUT2D eigenvalue weighted by molar-refractivity contribution is -0.116. The van der Waals surface area contributed by atoms with Crippen molar-refractivity contribution in [3.8, 4) is 5.69 Å². The first-order valence-electron chi connectivity index (χ1n) is 12.9. The number of carbonyl (C=O) groups is 1. The Bertz CT molecular complexity index is 1460. The second kappa shape index (κ2) is 10.8. The zero-order valence-electron chi connectivity index (χ0n) is 22.2. The summed E-state index contributed by atoms with van der Waals surface area (Å²) in [6.07, 6.45) is 2.13. The van der Waals surface area contributed by atoms with Crippen molar-refractivity contribution in [2.75, 3.05) is 11.9 Å². The van der Waals surface area contributed by atoms with Gasteiger partial charge in [-0.15, -0.1) is 0 Å². The minimum absolute atomic E-state index is 0.0337. The van der Waals surface area contributed by atoms with Crippen molar-refractivity contribution in [2.24, 2.45) is 0 Å². The molecule has 1 aliphatic heterocycles. The third-order valence-electron chi connectivity index (χ3n) is 7.51. The SMILES string of the molecule is Cc1ccccc1NC(=O)CCN1C(=S)N[C@H](c2ccccn2)[C@H]1c1c(C)c(C)n(-c2ccccc2)c1C. The third-order valence-corrected chi connectivity index (χ3v) is 7.87. The molecule has 5 rings (SSSR count). The molecule has 0 bridgehead atoms. The topological polar surface area (TPSA) is 62.2 Å². The average Bonchev–Trinajstić information content (AvgIpc) is 3.36. The van der Waals surface area contributed by atoms with Crippen LogP contribution in [0.5, 0.6) is 0 Å². The van der Waals surface area contributed by atoms with Gasteiger partial charge in [-0.2, -0.15) is 0 Å². The number of para-hydroxylation sites is 2. The number of hydrogen-bond donors (Lipinski definition) is 2. The Labute approximate surface area is 229 Å². The summed E-state index contributed by atoms with van der Waals surface area (Å²) in [5.41, 5.74) is 8.73. The van der Waals surface area contributed by atoms with E-state index in [9.17, 15) is 4.79 Å². The number of nitrogens with one attached hydrogen (secondary N) is 2. The fraction of sp³-hybridized carbons (Fsp3) is 0.258. The molecule has 2 N–H and O–H groups in total. The number of aromatic nitrogens is 2. The van der Waals surface area contributed by atoms with E-state index < -0.39 is 0 Å².